The molecule has 9 heteroatoms. The quantitative estimate of drug-likeness (QED) is 0.872. The van der Waals surface area contributed by atoms with Crippen LogP contribution in [0.4, 0.5) is 0 Å². The number of carbonyl (C=O) groups excluding carboxylic acids is 1. The lowest BCUT2D eigenvalue weighted by Gasteiger charge is -2.31. The van der Waals surface area contributed by atoms with Gasteiger partial charge in [0.05, 0.1) is 5.92 Å². The molecule has 3 heterocycles. The van der Waals surface area contributed by atoms with E-state index in [0.29, 0.717) is 43.5 Å². The van der Waals surface area contributed by atoms with Crippen molar-refractivity contribution in [3.63, 3.8) is 0 Å². The van der Waals surface area contributed by atoms with E-state index < -0.39 is 5.76 Å². The Balaban J connectivity index is 1.55. The number of hydrogen-bond acceptors (Lipinski definition) is 7. The van der Waals surface area contributed by atoms with Crippen LogP contribution in [-0.4, -0.2) is 44.2 Å². The number of aromatic nitrogens is 4. The molecule has 0 spiro atoms. The smallest absolute Gasteiger partial charge is 0.392 e. The number of nitrogens with one attached hydrogen (secondary N) is 1. The minimum Gasteiger partial charge on any atom is -0.392 e. The van der Waals surface area contributed by atoms with Crippen LogP contribution >= 0.6 is 0 Å². The highest BCUT2D eigenvalue weighted by Crippen LogP contribution is 2.25. The van der Waals surface area contributed by atoms with Crippen LogP contribution in [0.5, 0.6) is 0 Å². The van der Waals surface area contributed by atoms with Crippen molar-refractivity contribution in [2.24, 2.45) is 0 Å². The minimum atomic E-state index is -0.564. The second kappa shape index (κ2) is 6.98. The molecule has 0 radical (unpaired) electrons. The van der Waals surface area contributed by atoms with Crippen molar-refractivity contribution < 1.29 is 13.7 Å². The maximum absolute atomic E-state index is 12.4. The standard InChI is InChI=1S/C15H21N5O4/c1-9(2)13-16-11(24-19-13)5-6-12(21)20-7-3-4-10(8-20)14-17-18-15(22)23-14/h9-10H,3-8H2,1-2H3,(H,18,22). The molecular formula is C15H21N5O4. The molecule has 2 aromatic rings. The maximum atomic E-state index is 12.4. The zero-order chi connectivity index (χ0) is 17.1. The van der Waals surface area contributed by atoms with Crippen LogP contribution in [0.2, 0.25) is 0 Å². The first kappa shape index (κ1) is 16.4. The van der Waals surface area contributed by atoms with Crippen molar-refractivity contribution >= 4 is 5.91 Å². The molecule has 0 bridgehead atoms. The molecule has 1 fully saturated rings. The lowest BCUT2D eigenvalue weighted by Crippen LogP contribution is -2.39. The number of aromatic amines is 1. The van der Waals surface area contributed by atoms with Gasteiger partial charge < -0.3 is 13.8 Å². The van der Waals surface area contributed by atoms with Gasteiger partial charge in [0.15, 0.2) is 5.82 Å². The number of carbonyl (C=O) groups is 1. The summed E-state index contributed by atoms with van der Waals surface area (Å²) in [6.45, 7) is 5.18. The third-order valence-corrected chi connectivity index (χ3v) is 4.13. The van der Waals surface area contributed by atoms with Crippen molar-refractivity contribution in [2.75, 3.05) is 13.1 Å². The highest BCUT2D eigenvalue weighted by molar-refractivity contribution is 5.76. The third-order valence-electron chi connectivity index (χ3n) is 4.13. The summed E-state index contributed by atoms with van der Waals surface area (Å²) in [7, 11) is 0. The Kier molecular flexibility index (Phi) is 4.77. The number of amides is 1. The summed E-state index contributed by atoms with van der Waals surface area (Å²) in [5, 5.41) is 10.0. The summed E-state index contributed by atoms with van der Waals surface area (Å²) < 4.78 is 10.2. The summed E-state index contributed by atoms with van der Waals surface area (Å²) in [6.07, 6.45) is 2.44. The van der Waals surface area contributed by atoms with Crippen molar-refractivity contribution in [1.82, 2.24) is 25.2 Å². The fourth-order valence-electron chi connectivity index (χ4n) is 2.80. The van der Waals surface area contributed by atoms with Crippen LogP contribution in [0.15, 0.2) is 13.7 Å². The van der Waals surface area contributed by atoms with E-state index in [1.165, 1.54) is 0 Å². The van der Waals surface area contributed by atoms with Gasteiger partial charge in [0.1, 0.15) is 0 Å². The number of likely N-dealkylation sites (tertiary alicyclic amines) is 1. The van der Waals surface area contributed by atoms with E-state index in [2.05, 4.69) is 20.3 Å². The van der Waals surface area contributed by atoms with E-state index in [9.17, 15) is 9.59 Å². The summed E-state index contributed by atoms with van der Waals surface area (Å²) >= 11 is 0. The molecule has 0 aromatic carbocycles. The Labute approximate surface area is 138 Å². The van der Waals surface area contributed by atoms with Crippen molar-refractivity contribution in [3.8, 4) is 0 Å². The molecule has 130 valence electrons. The molecule has 1 aliphatic heterocycles. The Morgan fingerprint density at radius 2 is 2.29 bits per heavy atom. The molecular weight excluding hydrogens is 314 g/mol. The zero-order valence-electron chi connectivity index (χ0n) is 13.8. The minimum absolute atomic E-state index is 0.0295. The van der Waals surface area contributed by atoms with Gasteiger partial charge in [-0.1, -0.05) is 19.0 Å². The van der Waals surface area contributed by atoms with Crippen LogP contribution in [-0.2, 0) is 11.2 Å². The summed E-state index contributed by atoms with van der Waals surface area (Å²) in [4.78, 5) is 29.5. The van der Waals surface area contributed by atoms with Crippen molar-refractivity contribution in [1.29, 1.82) is 0 Å². The molecule has 1 N–H and O–H groups in total. The topological polar surface area (TPSA) is 118 Å². The molecule has 9 nitrogen and oxygen atoms in total. The van der Waals surface area contributed by atoms with Crippen LogP contribution in [0, 0.1) is 0 Å². The van der Waals surface area contributed by atoms with Gasteiger partial charge in [-0.3, -0.25) is 4.79 Å². The molecule has 1 unspecified atom stereocenters. The molecule has 24 heavy (non-hydrogen) atoms. The second-order valence-corrected chi connectivity index (χ2v) is 6.33. The first-order valence-electron chi connectivity index (χ1n) is 8.18. The van der Waals surface area contributed by atoms with E-state index in [1.54, 1.807) is 4.90 Å². The molecule has 1 atom stereocenters. The predicted molar refractivity (Wildman–Crippen MR) is 82.4 cm³/mol. The van der Waals surface area contributed by atoms with Crippen LogP contribution in [0.25, 0.3) is 0 Å². The van der Waals surface area contributed by atoms with Crippen LogP contribution < -0.4 is 5.76 Å². The zero-order valence-corrected chi connectivity index (χ0v) is 13.8. The van der Waals surface area contributed by atoms with Crippen molar-refractivity contribution in [3.05, 3.63) is 28.2 Å². The Bertz CT molecular complexity index is 747. The SMILES string of the molecule is CC(C)c1noc(CCC(=O)N2CCCC(c3n[nH]c(=O)o3)C2)n1. The maximum Gasteiger partial charge on any atom is 0.434 e. The number of hydrogen-bond donors (Lipinski definition) is 1. The fourth-order valence-corrected chi connectivity index (χ4v) is 2.80. The number of nitrogens with zero attached hydrogens (tertiary/aromatic N) is 4. The van der Waals surface area contributed by atoms with E-state index >= 15 is 0 Å². The lowest BCUT2D eigenvalue weighted by molar-refractivity contribution is -0.132. The van der Waals surface area contributed by atoms with Crippen LogP contribution in [0.1, 0.15) is 62.6 Å². The van der Waals surface area contributed by atoms with Crippen molar-refractivity contribution in [2.45, 2.75) is 51.4 Å². The normalized spacial score (nSPS) is 18.3. The van der Waals surface area contributed by atoms with Gasteiger partial charge in [-0.15, -0.1) is 5.10 Å². The number of rotatable bonds is 5. The summed E-state index contributed by atoms with van der Waals surface area (Å²) in [5.74, 6) is 1.13. The first-order valence-corrected chi connectivity index (χ1v) is 8.18. The molecule has 1 saturated heterocycles. The largest absolute Gasteiger partial charge is 0.434 e. The average Bonchev–Trinajstić information content (AvgIpc) is 3.22. The summed E-state index contributed by atoms with van der Waals surface area (Å²) in [6, 6.07) is 0. The number of piperidine rings is 1. The van der Waals surface area contributed by atoms with Gasteiger partial charge in [-0.05, 0) is 12.8 Å². The highest BCUT2D eigenvalue weighted by atomic mass is 16.5. The highest BCUT2D eigenvalue weighted by Gasteiger charge is 2.28. The molecule has 0 aliphatic carbocycles. The molecule has 0 saturated carbocycles. The van der Waals surface area contributed by atoms with E-state index in [1.807, 2.05) is 13.8 Å². The first-order chi connectivity index (χ1) is 11.5. The molecule has 2 aromatic heterocycles. The van der Waals surface area contributed by atoms with Gasteiger partial charge >= 0.3 is 5.76 Å². The molecule has 1 aliphatic rings. The van der Waals surface area contributed by atoms with Gasteiger partial charge in [-0.25, -0.2) is 9.89 Å². The average molecular weight is 335 g/mol. The molecule has 1 amide bonds. The Morgan fingerprint density at radius 1 is 1.46 bits per heavy atom. The number of H-pyrrole nitrogens is 1. The fraction of sp³-hybridized carbons (Fsp3) is 0.667. The molecule has 3 rings (SSSR count). The van der Waals surface area contributed by atoms with E-state index in [4.69, 9.17) is 8.94 Å². The second-order valence-electron chi connectivity index (χ2n) is 6.33. The van der Waals surface area contributed by atoms with Gasteiger partial charge in [0.25, 0.3) is 0 Å². The third kappa shape index (κ3) is 3.72. The van der Waals surface area contributed by atoms with Gasteiger partial charge in [0, 0.05) is 31.8 Å². The van der Waals surface area contributed by atoms with Crippen LogP contribution in [0.3, 0.4) is 0 Å². The Hall–Kier alpha value is -2.45. The van der Waals surface area contributed by atoms with Gasteiger partial charge in [-0.2, -0.15) is 4.98 Å². The van der Waals surface area contributed by atoms with E-state index in [0.717, 1.165) is 12.8 Å². The Morgan fingerprint density at radius 3 is 2.96 bits per heavy atom. The van der Waals surface area contributed by atoms with Gasteiger partial charge in [0.2, 0.25) is 17.7 Å². The number of aryl methyl sites for hydroxylation is 1. The van der Waals surface area contributed by atoms with E-state index in [-0.39, 0.29) is 17.7 Å². The monoisotopic (exact) mass is 335 g/mol. The summed E-state index contributed by atoms with van der Waals surface area (Å²) in [5.41, 5.74) is 0. The lowest BCUT2D eigenvalue weighted by atomic mass is 9.97. The predicted octanol–water partition coefficient (Wildman–Crippen LogP) is 1.21.